The molecule has 2 saturated heterocycles. The summed E-state index contributed by atoms with van der Waals surface area (Å²) in [6, 6.07) is 0.635. The van der Waals surface area contributed by atoms with E-state index in [0.29, 0.717) is 25.4 Å². The third-order valence-corrected chi connectivity index (χ3v) is 5.79. The lowest BCUT2D eigenvalue weighted by Gasteiger charge is -2.42. The van der Waals surface area contributed by atoms with Gasteiger partial charge < -0.3 is 15.0 Å². The Kier molecular flexibility index (Phi) is 17.2. The molecule has 2 fully saturated rings. The van der Waals surface area contributed by atoms with E-state index < -0.39 is 0 Å². The van der Waals surface area contributed by atoms with Gasteiger partial charge in [-0.05, 0) is 51.7 Å². The van der Waals surface area contributed by atoms with Gasteiger partial charge in [0.2, 0.25) is 11.8 Å². The van der Waals surface area contributed by atoms with Crippen LogP contribution < -0.4 is 5.32 Å². The zero-order valence-electron chi connectivity index (χ0n) is 23.2. The standard InChI is InChI=1S/C23H37N3O3.C3H8.C2H6.H2/c1-6-21(29-5)18(3)14-17(2)16-26-12-9-20(26)15-19(4)24-22(27)10-13-25-11-7-8-23(25)28;1-3-2;1-2;/h6,14,19-20H,1,7-13,15-16H2,2-5H3,(H,24,27);3H2,1-2H3;1-2H3;1H/b17-14+,21-18+;;;. The molecule has 2 aliphatic heterocycles. The Morgan fingerprint density at radius 3 is 2.41 bits per heavy atom. The van der Waals surface area contributed by atoms with Crippen molar-refractivity contribution in [3.63, 3.8) is 0 Å². The van der Waals surface area contributed by atoms with Gasteiger partial charge in [0.05, 0.1) is 7.11 Å². The minimum absolute atomic E-state index is 0. The van der Waals surface area contributed by atoms with Crippen LogP contribution in [-0.4, -0.2) is 67.0 Å². The number of likely N-dealkylation sites (tertiary alicyclic amines) is 2. The molecule has 2 atom stereocenters. The van der Waals surface area contributed by atoms with Crippen molar-refractivity contribution in [3.05, 3.63) is 35.6 Å². The molecule has 2 amide bonds. The highest BCUT2D eigenvalue weighted by molar-refractivity contribution is 5.80. The van der Waals surface area contributed by atoms with Crippen molar-refractivity contribution in [3.8, 4) is 0 Å². The van der Waals surface area contributed by atoms with Crippen LogP contribution >= 0.6 is 0 Å². The number of amides is 2. The number of carbonyl (C=O) groups is 2. The molecule has 0 aromatic carbocycles. The van der Waals surface area contributed by atoms with Gasteiger partial charge in [-0.25, -0.2) is 0 Å². The van der Waals surface area contributed by atoms with Crippen molar-refractivity contribution < 1.29 is 15.8 Å². The second-order valence-electron chi connectivity index (χ2n) is 9.00. The molecule has 2 rings (SSSR count). The third-order valence-electron chi connectivity index (χ3n) is 5.79. The van der Waals surface area contributed by atoms with Gasteiger partial charge in [-0.2, -0.15) is 0 Å². The minimum atomic E-state index is 0. The van der Waals surface area contributed by atoms with Crippen molar-refractivity contribution in [1.82, 2.24) is 15.1 Å². The lowest BCUT2D eigenvalue weighted by molar-refractivity contribution is -0.128. The van der Waals surface area contributed by atoms with E-state index in [1.165, 1.54) is 18.4 Å². The van der Waals surface area contributed by atoms with Crippen molar-refractivity contribution >= 4 is 11.8 Å². The summed E-state index contributed by atoms with van der Waals surface area (Å²) in [5.74, 6) is 1.02. The van der Waals surface area contributed by atoms with Gasteiger partial charge in [-0.15, -0.1) is 0 Å². The van der Waals surface area contributed by atoms with Crippen molar-refractivity contribution in [2.75, 3.05) is 33.3 Å². The van der Waals surface area contributed by atoms with Crippen LogP contribution in [0.4, 0.5) is 0 Å². The fraction of sp³-hybridized carbons (Fsp3) is 0.714. The van der Waals surface area contributed by atoms with Crippen molar-refractivity contribution in [1.29, 1.82) is 0 Å². The SMILES string of the molecule is C=C/C(OC)=C(C)\C=C(/C)CN1CCC1CC(C)NC(=O)CCN1CCCC1=O.CC.CCC.[HH]. The molecule has 1 N–H and O–H groups in total. The maximum Gasteiger partial charge on any atom is 0.222 e. The second kappa shape index (κ2) is 18.3. The van der Waals surface area contributed by atoms with Crippen molar-refractivity contribution in [2.24, 2.45) is 0 Å². The Morgan fingerprint density at radius 1 is 1.29 bits per heavy atom. The number of nitrogens with one attached hydrogen (secondary N) is 1. The zero-order chi connectivity index (χ0) is 26.1. The van der Waals surface area contributed by atoms with Gasteiger partial charge in [0.25, 0.3) is 0 Å². The summed E-state index contributed by atoms with van der Waals surface area (Å²) in [7, 11) is 1.66. The van der Waals surface area contributed by atoms with Crippen LogP contribution in [0.2, 0.25) is 0 Å². The smallest absolute Gasteiger partial charge is 0.222 e. The average molecular weight is 480 g/mol. The first-order chi connectivity index (χ1) is 16.2. The summed E-state index contributed by atoms with van der Waals surface area (Å²) in [6.07, 6.45) is 9.18. The highest BCUT2D eigenvalue weighted by Crippen LogP contribution is 2.23. The highest BCUT2D eigenvalue weighted by atomic mass is 16.5. The summed E-state index contributed by atoms with van der Waals surface area (Å²) in [6.45, 7) is 21.6. The Hall–Kier alpha value is -2.08. The Labute approximate surface area is 211 Å². The van der Waals surface area contributed by atoms with E-state index in [1.54, 1.807) is 18.1 Å². The van der Waals surface area contributed by atoms with E-state index in [-0.39, 0.29) is 19.3 Å². The van der Waals surface area contributed by atoms with Crippen molar-refractivity contribution in [2.45, 2.75) is 99.1 Å². The molecule has 6 heteroatoms. The fourth-order valence-corrected chi connectivity index (χ4v) is 4.17. The molecule has 2 unspecified atom stereocenters. The number of carbonyl (C=O) groups excluding carboxylic acids is 2. The molecule has 0 spiro atoms. The predicted molar refractivity (Wildman–Crippen MR) is 146 cm³/mol. The van der Waals surface area contributed by atoms with Gasteiger partial charge in [0, 0.05) is 52.5 Å². The largest absolute Gasteiger partial charge is 0.497 e. The van der Waals surface area contributed by atoms with Crippen LogP contribution in [0.3, 0.4) is 0 Å². The Balaban J connectivity index is 0. The monoisotopic (exact) mass is 479 g/mol. The van der Waals surface area contributed by atoms with Crippen LogP contribution in [0.5, 0.6) is 0 Å². The summed E-state index contributed by atoms with van der Waals surface area (Å²) in [5.41, 5.74) is 2.37. The number of hydrogen-bond donors (Lipinski definition) is 1. The van der Waals surface area contributed by atoms with Crippen LogP contribution in [0.15, 0.2) is 35.6 Å². The summed E-state index contributed by atoms with van der Waals surface area (Å²) in [5, 5.41) is 3.10. The molecule has 198 valence electrons. The summed E-state index contributed by atoms with van der Waals surface area (Å²) < 4.78 is 5.32. The minimum Gasteiger partial charge on any atom is -0.497 e. The summed E-state index contributed by atoms with van der Waals surface area (Å²) >= 11 is 0. The van der Waals surface area contributed by atoms with Gasteiger partial charge >= 0.3 is 0 Å². The topological polar surface area (TPSA) is 61.9 Å². The number of ether oxygens (including phenoxy) is 1. The quantitative estimate of drug-likeness (QED) is 0.305. The molecule has 0 saturated carbocycles. The van der Waals surface area contributed by atoms with Crippen LogP contribution in [-0.2, 0) is 14.3 Å². The third kappa shape index (κ3) is 11.9. The Bertz CT molecular complexity index is 691. The second-order valence-corrected chi connectivity index (χ2v) is 9.00. The highest BCUT2D eigenvalue weighted by Gasteiger charge is 2.29. The van der Waals surface area contributed by atoms with E-state index in [2.05, 4.69) is 50.6 Å². The van der Waals surface area contributed by atoms with E-state index in [1.807, 2.05) is 20.8 Å². The number of methoxy groups -OCH3 is 1. The molecule has 0 aromatic rings. The molecular weight excluding hydrogens is 426 g/mol. The molecular formula is C28H53N3O3. The zero-order valence-corrected chi connectivity index (χ0v) is 23.2. The average Bonchev–Trinajstić information content (AvgIpc) is 3.21. The maximum atomic E-state index is 12.2. The number of rotatable bonds is 11. The predicted octanol–water partition coefficient (Wildman–Crippen LogP) is 5.71. The normalized spacial score (nSPS) is 19.5. The fourth-order valence-electron chi connectivity index (χ4n) is 4.17. The molecule has 0 aliphatic carbocycles. The van der Waals surface area contributed by atoms with E-state index in [4.69, 9.17) is 4.74 Å². The first-order valence-electron chi connectivity index (χ1n) is 13.1. The van der Waals surface area contributed by atoms with Gasteiger partial charge in [-0.1, -0.05) is 52.3 Å². The van der Waals surface area contributed by atoms with Crippen LogP contribution in [0.25, 0.3) is 0 Å². The number of nitrogens with zero attached hydrogens (tertiary/aromatic N) is 2. The lowest BCUT2D eigenvalue weighted by Crippen LogP contribution is -2.51. The molecule has 6 nitrogen and oxygen atoms in total. The van der Waals surface area contributed by atoms with E-state index in [0.717, 1.165) is 43.8 Å². The molecule has 34 heavy (non-hydrogen) atoms. The first kappa shape index (κ1) is 31.9. The van der Waals surface area contributed by atoms with E-state index >= 15 is 0 Å². The molecule has 2 heterocycles. The van der Waals surface area contributed by atoms with E-state index in [9.17, 15) is 9.59 Å². The number of hydrogen-bond acceptors (Lipinski definition) is 4. The van der Waals surface area contributed by atoms with Gasteiger partial charge in [0.1, 0.15) is 5.76 Å². The first-order valence-corrected chi connectivity index (χ1v) is 13.1. The maximum absolute atomic E-state index is 12.2. The number of allylic oxidation sites excluding steroid dienone is 3. The Morgan fingerprint density at radius 2 is 1.94 bits per heavy atom. The van der Waals surface area contributed by atoms with Gasteiger partial charge in [-0.3, -0.25) is 14.5 Å². The van der Waals surface area contributed by atoms with Gasteiger partial charge in [0.15, 0.2) is 0 Å². The van der Waals surface area contributed by atoms with Crippen LogP contribution in [0, 0.1) is 0 Å². The molecule has 0 aromatic heterocycles. The lowest BCUT2D eigenvalue weighted by atomic mass is 9.95. The molecule has 0 radical (unpaired) electrons. The molecule has 0 bridgehead atoms. The molecule has 2 aliphatic rings. The summed E-state index contributed by atoms with van der Waals surface area (Å²) in [4.78, 5) is 28.1. The van der Waals surface area contributed by atoms with Crippen LogP contribution in [0.1, 0.15) is 88.4 Å².